The van der Waals surface area contributed by atoms with Crippen molar-refractivity contribution in [1.82, 2.24) is 4.98 Å². The Balaban J connectivity index is 1.24. The van der Waals surface area contributed by atoms with E-state index in [1.807, 2.05) is 25.3 Å². The molecular weight excluding hydrogens is 411 g/mol. The third kappa shape index (κ3) is 4.06. The van der Waals surface area contributed by atoms with Gasteiger partial charge in [0.15, 0.2) is 0 Å². The van der Waals surface area contributed by atoms with Gasteiger partial charge in [-0.15, -0.1) is 0 Å². The average Bonchev–Trinajstić information content (AvgIpc) is 3.33. The Hall–Kier alpha value is -2.46. The maximum Gasteiger partial charge on any atom is 0.227 e. The Labute approximate surface area is 187 Å². The van der Waals surface area contributed by atoms with Crippen LogP contribution in [0.2, 0.25) is 5.02 Å². The second kappa shape index (κ2) is 8.23. The van der Waals surface area contributed by atoms with Crippen LogP contribution >= 0.6 is 11.6 Å². The molecule has 1 heterocycles. The number of hydrogen-bond acceptors (Lipinski definition) is 2. The summed E-state index contributed by atoms with van der Waals surface area (Å²) in [6.45, 7) is 2.05. The number of hydrogen-bond donors (Lipinski definition) is 1. The van der Waals surface area contributed by atoms with Gasteiger partial charge < -0.3 is 5.32 Å². The highest BCUT2D eigenvalue weighted by Crippen LogP contribution is 2.54. The zero-order valence-corrected chi connectivity index (χ0v) is 18.3. The molecule has 1 aromatic heterocycles. The standard InChI is InChI=1S/C26H26ClFN2O/c1-15(26(31)30-22-5-2-20(27)3-6-22)16-10-17-12-19(13-18(17)11-16)23-8-9-29-25-7-4-21(28)14-24(23)25/h2-9,14-19H,10-13H2,1H3,(H,30,31)/t15-,16?,17-,18+,19?/m1/s1. The van der Waals surface area contributed by atoms with Crippen molar-refractivity contribution in [2.75, 3.05) is 5.32 Å². The average molecular weight is 437 g/mol. The van der Waals surface area contributed by atoms with Gasteiger partial charge in [-0.1, -0.05) is 18.5 Å². The van der Waals surface area contributed by atoms with E-state index >= 15 is 0 Å². The number of nitrogens with zero attached hydrogens (tertiary/aromatic N) is 1. The molecule has 2 aliphatic rings. The maximum absolute atomic E-state index is 13.9. The maximum atomic E-state index is 13.9. The van der Waals surface area contributed by atoms with E-state index in [1.54, 1.807) is 24.3 Å². The number of rotatable bonds is 4. The number of fused-ring (bicyclic) bond motifs is 2. The first-order chi connectivity index (χ1) is 15.0. The van der Waals surface area contributed by atoms with E-state index in [1.165, 1.54) is 11.6 Å². The zero-order valence-electron chi connectivity index (χ0n) is 17.5. The number of carbonyl (C=O) groups excluding carboxylic acids is 1. The summed E-state index contributed by atoms with van der Waals surface area (Å²) >= 11 is 5.93. The molecular formula is C26H26ClFN2O. The Kier molecular flexibility index (Phi) is 5.43. The molecule has 3 nitrogen and oxygen atoms in total. The first-order valence-corrected chi connectivity index (χ1v) is 11.5. The van der Waals surface area contributed by atoms with E-state index in [4.69, 9.17) is 11.6 Å². The lowest BCUT2D eigenvalue weighted by Gasteiger charge is -2.21. The van der Waals surface area contributed by atoms with Crippen molar-refractivity contribution in [2.24, 2.45) is 23.7 Å². The summed E-state index contributed by atoms with van der Waals surface area (Å²) in [7, 11) is 0. The normalized spacial score (nSPS) is 26.0. The van der Waals surface area contributed by atoms with Gasteiger partial charge in [-0.3, -0.25) is 9.78 Å². The van der Waals surface area contributed by atoms with Crippen LogP contribution in [0, 0.1) is 29.5 Å². The van der Waals surface area contributed by atoms with Crippen LogP contribution in [0.4, 0.5) is 10.1 Å². The quantitative estimate of drug-likeness (QED) is 0.487. The molecule has 0 spiro atoms. The summed E-state index contributed by atoms with van der Waals surface area (Å²) in [6.07, 6.45) is 6.25. The van der Waals surface area contributed by atoms with Gasteiger partial charge in [-0.2, -0.15) is 0 Å². The Bertz CT molecular complexity index is 1100. The van der Waals surface area contributed by atoms with Gasteiger partial charge in [0.2, 0.25) is 5.91 Å². The van der Waals surface area contributed by atoms with Crippen LogP contribution in [0.3, 0.4) is 0 Å². The summed E-state index contributed by atoms with van der Waals surface area (Å²) in [5.74, 6) is 1.99. The minimum absolute atomic E-state index is 0.0180. The second-order valence-corrected chi connectivity index (χ2v) is 9.70. The molecule has 2 aliphatic carbocycles. The molecule has 1 N–H and O–H groups in total. The van der Waals surface area contributed by atoms with Crippen molar-refractivity contribution in [1.29, 1.82) is 0 Å². The summed E-state index contributed by atoms with van der Waals surface area (Å²) in [5.41, 5.74) is 2.88. The van der Waals surface area contributed by atoms with Crippen LogP contribution in [0.1, 0.15) is 44.1 Å². The number of nitrogens with one attached hydrogen (secondary N) is 1. The number of benzene rings is 2. The summed E-state index contributed by atoms with van der Waals surface area (Å²) in [5, 5.41) is 4.64. The van der Waals surface area contributed by atoms with Crippen molar-refractivity contribution >= 4 is 34.1 Å². The molecule has 2 unspecified atom stereocenters. The molecule has 3 aromatic rings. The molecule has 0 radical (unpaired) electrons. The molecule has 5 rings (SSSR count). The zero-order chi connectivity index (χ0) is 21.5. The summed E-state index contributed by atoms with van der Waals surface area (Å²) in [6, 6.07) is 14.2. The molecule has 0 saturated heterocycles. The Morgan fingerprint density at radius 3 is 2.48 bits per heavy atom. The summed E-state index contributed by atoms with van der Waals surface area (Å²) < 4.78 is 13.9. The molecule has 0 bridgehead atoms. The number of amides is 1. The van der Waals surface area contributed by atoms with Gasteiger partial charge in [0.1, 0.15) is 5.82 Å². The van der Waals surface area contributed by atoms with Gasteiger partial charge >= 0.3 is 0 Å². The molecule has 1 amide bonds. The van der Waals surface area contributed by atoms with E-state index in [0.717, 1.165) is 42.3 Å². The fourth-order valence-electron chi connectivity index (χ4n) is 5.82. The van der Waals surface area contributed by atoms with Crippen molar-refractivity contribution in [2.45, 2.75) is 38.5 Å². The topological polar surface area (TPSA) is 42.0 Å². The van der Waals surface area contributed by atoms with Crippen LogP contribution in [0.15, 0.2) is 54.7 Å². The first kappa shape index (κ1) is 20.4. The third-order valence-corrected chi connectivity index (χ3v) is 7.71. The van der Waals surface area contributed by atoms with Gasteiger partial charge in [-0.25, -0.2) is 4.39 Å². The van der Waals surface area contributed by atoms with Crippen LogP contribution in [-0.2, 0) is 4.79 Å². The van der Waals surface area contributed by atoms with Gasteiger partial charge in [0, 0.05) is 28.2 Å². The lowest BCUT2D eigenvalue weighted by atomic mass is 9.86. The van der Waals surface area contributed by atoms with Gasteiger partial charge in [0.25, 0.3) is 0 Å². The molecule has 160 valence electrons. The van der Waals surface area contributed by atoms with E-state index in [-0.39, 0.29) is 17.6 Å². The van der Waals surface area contributed by atoms with Crippen LogP contribution in [0.25, 0.3) is 10.9 Å². The smallest absolute Gasteiger partial charge is 0.227 e. The largest absolute Gasteiger partial charge is 0.326 e. The number of halogens is 2. The minimum atomic E-state index is -0.208. The molecule has 2 fully saturated rings. The van der Waals surface area contributed by atoms with Gasteiger partial charge in [0.05, 0.1) is 5.52 Å². The first-order valence-electron chi connectivity index (χ1n) is 11.1. The monoisotopic (exact) mass is 436 g/mol. The van der Waals surface area contributed by atoms with E-state index in [2.05, 4.69) is 16.4 Å². The van der Waals surface area contributed by atoms with Crippen LogP contribution < -0.4 is 5.32 Å². The lowest BCUT2D eigenvalue weighted by molar-refractivity contribution is -0.120. The highest BCUT2D eigenvalue weighted by atomic mass is 35.5. The molecule has 5 atom stereocenters. The van der Waals surface area contributed by atoms with E-state index in [9.17, 15) is 9.18 Å². The molecule has 31 heavy (non-hydrogen) atoms. The highest BCUT2D eigenvalue weighted by molar-refractivity contribution is 6.30. The molecule has 0 aliphatic heterocycles. The fourth-order valence-corrected chi connectivity index (χ4v) is 5.95. The van der Waals surface area contributed by atoms with Crippen molar-refractivity contribution in [3.8, 4) is 0 Å². The van der Waals surface area contributed by atoms with E-state index < -0.39 is 0 Å². The minimum Gasteiger partial charge on any atom is -0.326 e. The Morgan fingerprint density at radius 1 is 1.06 bits per heavy atom. The number of pyridine rings is 1. The third-order valence-electron chi connectivity index (χ3n) is 7.46. The summed E-state index contributed by atoms with van der Waals surface area (Å²) in [4.78, 5) is 17.2. The second-order valence-electron chi connectivity index (χ2n) is 9.27. The number of carbonyl (C=O) groups is 1. The molecule has 2 aromatic carbocycles. The highest BCUT2D eigenvalue weighted by Gasteiger charge is 2.44. The van der Waals surface area contributed by atoms with Crippen molar-refractivity contribution in [3.63, 3.8) is 0 Å². The van der Waals surface area contributed by atoms with E-state index in [0.29, 0.717) is 28.7 Å². The van der Waals surface area contributed by atoms with Gasteiger partial charge in [-0.05, 0) is 103 Å². The van der Waals surface area contributed by atoms with Crippen molar-refractivity contribution in [3.05, 3.63) is 71.1 Å². The predicted molar refractivity (Wildman–Crippen MR) is 123 cm³/mol. The molecule has 2 saturated carbocycles. The lowest BCUT2D eigenvalue weighted by Crippen LogP contribution is -2.26. The Morgan fingerprint density at radius 2 is 1.77 bits per heavy atom. The predicted octanol–water partition coefficient (Wildman–Crippen LogP) is 6.82. The fraction of sp³-hybridized carbons (Fsp3) is 0.385. The molecule has 5 heteroatoms. The van der Waals surface area contributed by atoms with Crippen LogP contribution in [0.5, 0.6) is 0 Å². The van der Waals surface area contributed by atoms with Crippen LogP contribution in [-0.4, -0.2) is 10.9 Å². The number of anilines is 1. The SMILES string of the molecule is C[C@@H](C(=O)Nc1ccc(Cl)cc1)C1C[C@H]2CC(c3ccnc4ccc(F)cc34)C[C@H]2C1. The number of aromatic nitrogens is 1. The van der Waals surface area contributed by atoms with Crippen molar-refractivity contribution < 1.29 is 9.18 Å².